The molecule has 1 aliphatic rings. The minimum absolute atomic E-state index is 0.168. The van der Waals surface area contributed by atoms with E-state index in [1.54, 1.807) is 12.3 Å². The van der Waals surface area contributed by atoms with E-state index in [1.807, 2.05) is 19.1 Å². The molecule has 1 aliphatic heterocycles. The number of amides is 1. The lowest BCUT2D eigenvalue weighted by Crippen LogP contribution is -2.51. The van der Waals surface area contributed by atoms with E-state index in [-0.39, 0.29) is 18.1 Å². The van der Waals surface area contributed by atoms with Crippen LogP contribution in [0.3, 0.4) is 0 Å². The number of nitrogens with one attached hydrogen (secondary N) is 1. The molecule has 2 aromatic heterocycles. The molecule has 0 unspecified atom stereocenters. The van der Waals surface area contributed by atoms with Gasteiger partial charge in [-0.1, -0.05) is 23.9 Å². The van der Waals surface area contributed by atoms with Crippen LogP contribution in [-0.2, 0) is 11.2 Å². The quantitative estimate of drug-likeness (QED) is 0.857. The van der Waals surface area contributed by atoms with Crippen molar-refractivity contribution in [3.05, 3.63) is 35.0 Å². The zero-order valence-corrected chi connectivity index (χ0v) is 14.3. The molecule has 1 amide bonds. The largest absolute Gasteiger partial charge is 0.472 e. The van der Waals surface area contributed by atoms with Crippen LogP contribution in [0, 0.1) is 0 Å². The van der Waals surface area contributed by atoms with Crippen molar-refractivity contribution in [1.82, 2.24) is 19.9 Å². The smallest absolute Gasteiger partial charge is 0.265 e. The minimum Gasteiger partial charge on any atom is -0.472 e. The van der Waals surface area contributed by atoms with E-state index in [0.29, 0.717) is 30.4 Å². The molecule has 0 spiro atoms. The first-order chi connectivity index (χ1) is 11.8. The van der Waals surface area contributed by atoms with Crippen LogP contribution in [-0.4, -0.2) is 45.8 Å². The fourth-order valence-electron chi connectivity index (χ4n) is 2.58. The van der Waals surface area contributed by atoms with Crippen LogP contribution < -0.4 is 10.1 Å². The van der Waals surface area contributed by atoms with Crippen molar-refractivity contribution in [3.8, 4) is 5.88 Å². The maximum Gasteiger partial charge on any atom is 0.265 e. The van der Waals surface area contributed by atoms with Crippen molar-refractivity contribution in [3.63, 3.8) is 0 Å². The Bertz CT molecular complexity index is 664. The molecule has 3 rings (SSSR count). The molecule has 7 nitrogen and oxygen atoms in total. The van der Waals surface area contributed by atoms with Gasteiger partial charge in [-0.15, -0.1) is 5.10 Å². The van der Waals surface area contributed by atoms with E-state index in [1.165, 1.54) is 0 Å². The van der Waals surface area contributed by atoms with E-state index in [2.05, 4.69) is 19.9 Å². The predicted octanol–water partition coefficient (Wildman–Crippen LogP) is 1.85. The van der Waals surface area contributed by atoms with Gasteiger partial charge in [-0.2, -0.15) is 0 Å². The summed E-state index contributed by atoms with van der Waals surface area (Å²) in [6.45, 7) is 3.07. The normalized spacial score (nSPS) is 20.5. The zero-order chi connectivity index (χ0) is 16.8. The predicted molar refractivity (Wildman–Crippen MR) is 89.2 cm³/mol. The molecule has 3 heterocycles. The van der Waals surface area contributed by atoms with E-state index in [4.69, 9.17) is 9.47 Å². The molecular formula is C16H20N4O3S. The second kappa shape index (κ2) is 8.16. The summed E-state index contributed by atoms with van der Waals surface area (Å²) in [4.78, 5) is 17.3. The summed E-state index contributed by atoms with van der Waals surface area (Å²) in [5.74, 6) is 0.383. The maximum atomic E-state index is 12.6. The standard InChI is InChI=1S/C16H20N4O3S/c1-2-5-11-15(24-20-19-11)16(21)18-12-10-22-9-7-13(12)23-14-6-3-4-8-17-14/h3-4,6,8,12-13H,2,5,7,9-10H2,1H3,(H,18,21)/t12-,13-/m1/s1. The van der Waals surface area contributed by atoms with Gasteiger partial charge in [0, 0.05) is 18.7 Å². The van der Waals surface area contributed by atoms with Gasteiger partial charge in [0.05, 0.1) is 24.9 Å². The number of pyridine rings is 1. The highest BCUT2D eigenvalue weighted by molar-refractivity contribution is 7.08. The molecule has 128 valence electrons. The number of hydrogen-bond donors (Lipinski definition) is 1. The first-order valence-electron chi connectivity index (χ1n) is 8.05. The Morgan fingerprint density at radius 3 is 3.21 bits per heavy atom. The third-order valence-electron chi connectivity index (χ3n) is 3.77. The number of rotatable bonds is 6. The van der Waals surface area contributed by atoms with Crippen LogP contribution in [0.5, 0.6) is 5.88 Å². The first-order valence-corrected chi connectivity index (χ1v) is 8.82. The Hall–Kier alpha value is -2.06. The Kier molecular flexibility index (Phi) is 5.71. The Labute approximate surface area is 144 Å². The van der Waals surface area contributed by atoms with Gasteiger partial charge in [-0.25, -0.2) is 4.98 Å². The average Bonchev–Trinajstić information content (AvgIpc) is 3.06. The molecule has 2 aromatic rings. The van der Waals surface area contributed by atoms with E-state index in [9.17, 15) is 4.79 Å². The number of ether oxygens (including phenoxy) is 2. The summed E-state index contributed by atoms with van der Waals surface area (Å²) in [6.07, 6.45) is 3.87. The van der Waals surface area contributed by atoms with Crippen LogP contribution in [0.25, 0.3) is 0 Å². The second-order valence-electron chi connectivity index (χ2n) is 5.57. The molecule has 1 saturated heterocycles. The molecule has 0 aromatic carbocycles. The molecule has 0 bridgehead atoms. The van der Waals surface area contributed by atoms with Gasteiger partial charge in [0.1, 0.15) is 11.0 Å². The van der Waals surface area contributed by atoms with Crippen molar-refractivity contribution < 1.29 is 14.3 Å². The van der Waals surface area contributed by atoms with Crippen molar-refractivity contribution in [1.29, 1.82) is 0 Å². The monoisotopic (exact) mass is 348 g/mol. The number of aryl methyl sites for hydroxylation is 1. The lowest BCUT2D eigenvalue weighted by molar-refractivity contribution is -0.00444. The zero-order valence-electron chi connectivity index (χ0n) is 13.5. The summed E-state index contributed by atoms with van der Waals surface area (Å²) >= 11 is 1.12. The van der Waals surface area contributed by atoms with Gasteiger partial charge in [0.2, 0.25) is 5.88 Å². The van der Waals surface area contributed by atoms with Crippen LogP contribution in [0.15, 0.2) is 24.4 Å². The highest BCUT2D eigenvalue weighted by Gasteiger charge is 2.30. The van der Waals surface area contributed by atoms with Gasteiger partial charge in [0.15, 0.2) is 0 Å². The van der Waals surface area contributed by atoms with Crippen molar-refractivity contribution in [2.24, 2.45) is 0 Å². The third-order valence-corrected chi connectivity index (χ3v) is 4.53. The Morgan fingerprint density at radius 2 is 2.42 bits per heavy atom. The fourth-order valence-corrected chi connectivity index (χ4v) is 3.19. The van der Waals surface area contributed by atoms with Crippen molar-refractivity contribution in [2.75, 3.05) is 13.2 Å². The summed E-state index contributed by atoms with van der Waals surface area (Å²) in [6, 6.07) is 5.28. The average molecular weight is 348 g/mol. The number of carbonyl (C=O) groups excluding carboxylic acids is 1. The first kappa shape index (κ1) is 16.8. The maximum absolute atomic E-state index is 12.6. The summed E-state index contributed by atoms with van der Waals surface area (Å²) in [5, 5.41) is 7.05. The second-order valence-corrected chi connectivity index (χ2v) is 6.32. The molecule has 0 aliphatic carbocycles. The summed E-state index contributed by atoms with van der Waals surface area (Å²) < 4.78 is 15.3. The van der Waals surface area contributed by atoms with Gasteiger partial charge in [-0.05, 0) is 24.0 Å². The summed E-state index contributed by atoms with van der Waals surface area (Å²) in [7, 11) is 0. The van der Waals surface area contributed by atoms with Crippen molar-refractivity contribution in [2.45, 2.75) is 38.3 Å². The van der Waals surface area contributed by atoms with E-state index in [0.717, 1.165) is 30.1 Å². The van der Waals surface area contributed by atoms with Crippen molar-refractivity contribution >= 4 is 17.4 Å². The number of hydrogen-bond acceptors (Lipinski definition) is 7. The van der Waals surface area contributed by atoms with Crippen LogP contribution in [0.2, 0.25) is 0 Å². The van der Waals surface area contributed by atoms with Gasteiger partial charge >= 0.3 is 0 Å². The molecule has 8 heteroatoms. The highest BCUT2D eigenvalue weighted by atomic mass is 32.1. The topological polar surface area (TPSA) is 86.2 Å². The van der Waals surface area contributed by atoms with Crippen LogP contribution in [0.4, 0.5) is 0 Å². The molecular weight excluding hydrogens is 328 g/mol. The molecule has 24 heavy (non-hydrogen) atoms. The van der Waals surface area contributed by atoms with Gasteiger partial charge in [0.25, 0.3) is 5.91 Å². The lowest BCUT2D eigenvalue weighted by atomic mass is 10.1. The minimum atomic E-state index is -0.232. The van der Waals surface area contributed by atoms with E-state index >= 15 is 0 Å². The Morgan fingerprint density at radius 1 is 1.50 bits per heavy atom. The molecule has 1 fully saturated rings. The van der Waals surface area contributed by atoms with Gasteiger partial charge < -0.3 is 14.8 Å². The third kappa shape index (κ3) is 4.07. The van der Waals surface area contributed by atoms with Crippen LogP contribution in [0.1, 0.15) is 35.1 Å². The van der Waals surface area contributed by atoms with Gasteiger partial charge in [-0.3, -0.25) is 4.79 Å². The van der Waals surface area contributed by atoms with E-state index < -0.39 is 0 Å². The molecule has 2 atom stereocenters. The number of carbonyl (C=O) groups is 1. The molecule has 0 radical (unpaired) electrons. The number of aromatic nitrogens is 3. The fraction of sp³-hybridized carbons (Fsp3) is 0.500. The highest BCUT2D eigenvalue weighted by Crippen LogP contribution is 2.18. The molecule has 0 saturated carbocycles. The van der Waals surface area contributed by atoms with Crippen LogP contribution >= 0.6 is 11.5 Å². The summed E-state index contributed by atoms with van der Waals surface area (Å²) in [5.41, 5.74) is 0.749. The Balaban J connectivity index is 1.67. The lowest BCUT2D eigenvalue weighted by Gasteiger charge is -2.31. The molecule has 1 N–H and O–H groups in total. The number of nitrogens with zero attached hydrogens (tertiary/aromatic N) is 3. The SMILES string of the molecule is CCCc1nnsc1C(=O)N[C@@H]1COCC[C@H]1Oc1ccccn1.